The van der Waals surface area contributed by atoms with Crippen LogP contribution in [0.4, 0.5) is 5.69 Å². The average molecular weight is 457 g/mol. The molecule has 2 atom stereocenters. The van der Waals surface area contributed by atoms with Crippen LogP contribution in [0.3, 0.4) is 0 Å². The summed E-state index contributed by atoms with van der Waals surface area (Å²) >= 11 is 0. The van der Waals surface area contributed by atoms with Crippen molar-refractivity contribution in [2.45, 2.75) is 26.2 Å². The lowest BCUT2D eigenvalue weighted by Crippen LogP contribution is -2.54. The number of nitriles is 1. The van der Waals surface area contributed by atoms with Crippen LogP contribution in [0.1, 0.15) is 25.1 Å². The van der Waals surface area contributed by atoms with Crippen molar-refractivity contribution in [2.24, 2.45) is 11.0 Å². The summed E-state index contributed by atoms with van der Waals surface area (Å²) in [6.45, 7) is 4.79. The van der Waals surface area contributed by atoms with Gasteiger partial charge >= 0.3 is 5.97 Å². The molecule has 1 aromatic heterocycles. The highest BCUT2D eigenvalue weighted by Gasteiger charge is 2.62. The number of aromatic amines is 1. The molecule has 0 spiro atoms. The first-order valence-electron chi connectivity index (χ1n) is 10.8. The quantitative estimate of drug-likeness (QED) is 0.571. The number of hydrogen-bond donors (Lipinski definition) is 1. The number of H-pyrrole nitrogens is 1. The fourth-order valence-electron chi connectivity index (χ4n) is 4.43. The van der Waals surface area contributed by atoms with Crippen LogP contribution in [0.2, 0.25) is 0 Å². The number of aryl methyl sites for hydroxylation is 1. The number of hydrogen-bond acceptors (Lipinski definition) is 6. The highest BCUT2D eigenvalue weighted by molar-refractivity contribution is 6.25. The fourth-order valence-corrected chi connectivity index (χ4v) is 4.43. The van der Waals surface area contributed by atoms with Crippen LogP contribution >= 0.6 is 0 Å². The van der Waals surface area contributed by atoms with E-state index in [4.69, 9.17) is 4.74 Å². The molecule has 1 amide bonds. The Kier molecular flexibility index (Phi) is 5.90. The maximum absolute atomic E-state index is 14.1. The molecule has 0 aliphatic carbocycles. The molecule has 2 heterocycles. The van der Waals surface area contributed by atoms with Gasteiger partial charge in [0.05, 0.1) is 35.3 Å². The highest BCUT2D eigenvalue weighted by atomic mass is 16.5. The smallest absolute Gasteiger partial charge is 0.325 e. The number of hydrazone groups is 1. The molecule has 34 heavy (non-hydrogen) atoms. The first-order valence-corrected chi connectivity index (χ1v) is 10.8. The molecule has 2 aromatic carbocycles. The summed E-state index contributed by atoms with van der Waals surface area (Å²) in [5.74, 6) is -3.19. The summed E-state index contributed by atoms with van der Waals surface area (Å²) in [4.78, 5) is 40.8. The van der Waals surface area contributed by atoms with E-state index in [2.05, 4.69) is 10.2 Å². The molecule has 9 nitrogen and oxygen atoms in total. The van der Waals surface area contributed by atoms with Crippen LogP contribution in [0, 0.1) is 24.2 Å². The molecule has 1 aliphatic heterocycles. The Morgan fingerprint density at radius 2 is 1.68 bits per heavy atom. The standard InChI is InChI=1S/C25H23N5O4/c1-4-34-23(32)20(15-26)25(17(3)28-30(24(25)33)19-13-9-6-10-14-19)21-16(2)27-29(22(21)31)18-11-7-5-8-12-18/h5-14,20,27H,4H2,1-3H3. The Labute approximate surface area is 195 Å². The van der Waals surface area contributed by atoms with Crippen molar-refractivity contribution in [1.82, 2.24) is 9.78 Å². The van der Waals surface area contributed by atoms with Gasteiger partial charge < -0.3 is 4.74 Å². The number of esters is 1. The van der Waals surface area contributed by atoms with Crippen molar-refractivity contribution in [3.63, 3.8) is 0 Å². The van der Waals surface area contributed by atoms with E-state index < -0.39 is 28.8 Å². The second kappa shape index (κ2) is 8.83. The predicted molar refractivity (Wildman–Crippen MR) is 126 cm³/mol. The monoisotopic (exact) mass is 457 g/mol. The van der Waals surface area contributed by atoms with Gasteiger partial charge in [-0.2, -0.15) is 15.4 Å². The number of nitrogens with zero attached hydrogens (tertiary/aromatic N) is 4. The summed E-state index contributed by atoms with van der Waals surface area (Å²) in [6.07, 6.45) is 0. The largest absolute Gasteiger partial charge is 0.465 e. The number of aromatic nitrogens is 2. The molecule has 9 heteroatoms. The van der Waals surface area contributed by atoms with Crippen molar-refractivity contribution >= 4 is 23.3 Å². The maximum atomic E-state index is 14.1. The number of para-hydroxylation sites is 2. The molecule has 2 unspecified atom stereocenters. The van der Waals surface area contributed by atoms with E-state index in [-0.39, 0.29) is 17.9 Å². The van der Waals surface area contributed by atoms with Crippen LogP contribution in [-0.4, -0.2) is 34.0 Å². The van der Waals surface area contributed by atoms with Gasteiger partial charge in [0.15, 0.2) is 5.92 Å². The maximum Gasteiger partial charge on any atom is 0.325 e. The van der Waals surface area contributed by atoms with Crippen molar-refractivity contribution < 1.29 is 14.3 Å². The molecule has 0 fully saturated rings. The first-order chi connectivity index (χ1) is 16.4. The molecule has 1 N–H and O–H groups in total. The van der Waals surface area contributed by atoms with E-state index in [0.29, 0.717) is 17.1 Å². The molecule has 3 aromatic rings. The Morgan fingerprint density at radius 1 is 1.09 bits per heavy atom. The topological polar surface area (TPSA) is 121 Å². The summed E-state index contributed by atoms with van der Waals surface area (Å²) in [6, 6.07) is 19.4. The molecule has 0 saturated carbocycles. The van der Waals surface area contributed by atoms with Crippen molar-refractivity contribution in [3.8, 4) is 11.8 Å². The van der Waals surface area contributed by atoms with Crippen LogP contribution in [0.15, 0.2) is 70.6 Å². The number of carbonyl (C=O) groups excluding carboxylic acids is 2. The minimum absolute atomic E-state index is 0.0133. The second-order valence-electron chi connectivity index (χ2n) is 7.85. The van der Waals surface area contributed by atoms with Gasteiger partial charge in [-0.1, -0.05) is 36.4 Å². The number of nitrogens with one attached hydrogen (secondary N) is 1. The van der Waals surface area contributed by atoms with Gasteiger partial charge in [0, 0.05) is 5.69 Å². The van der Waals surface area contributed by atoms with Gasteiger partial charge in [0.2, 0.25) is 0 Å². The molecule has 0 radical (unpaired) electrons. The average Bonchev–Trinajstić information content (AvgIpc) is 3.28. The molecule has 172 valence electrons. The van der Waals surface area contributed by atoms with E-state index in [1.54, 1.807) is 75.4 Å². The highest BCUT2D eigenvalue weighted by Crippen LogP contribution is 2.42. The van der Waals surface area contributed by atoms with Gasteiger partial charge in [-0.3, -0.25) is 19.5 Å². The van der Waals surface area contributed by atoms with Crippen molar-refractivity contribution in [3.05, 3.63) is 82.3 Å². The van der Waals surface area contributed by atoms with Gasteiger partial charge in [-0.15, -0.1) is 0 Å². The van der Waals surface area contributed by atoms with Gasteiger partial charge in [-0.25, -0.2) is 4.68 Å². The van der Waals surface area contributed by atoms with Gasteiger partial charge in [0.25, 0.3) is 11.5 Å². The molecular weight excluding hydrogens is 434 g/mol. The summed E-state index contributed by atoms with van der Waals surface area (Å²) in [7, 11) is 0. The zero-order valence-electron chi connectivity index (χ0n) is 19.0. The Bertz CT molecular complexity index is 1370. The van der Waals surface area contributed by atoms with Crippen LogP contribution in [0.5, 0.6) is 0 Å². The van der Waals surface area contributed by atoms with Crippen molar-refractivity contribution in [2.75, 3.05) is 11.6 Å². The van der Waals surface area contributed by atoms with Crippen LogP contribution < -0.4 is 10.6 Å². The molecule has 0 bridgehead atoms. The number of carbonyl (C=O) groups is 2. The van der Waals surface area contributed by atoms with E-state index >= 15 is 0 Å². The van der Waals surface area contributed by atoms with Crippen LogP contribution in [0.25, 0.3) is 5.69 Å². The van der Waals surface area contributed by atoms with Gasteiger partial charge in [0.1, 0.15) is 5.41 Å². The normalized spacial score (nSPS) is 18.4. The lowest BCUT2D eigenvalue weighted by Gasteiger charge is -2.30. The number of benzene rings is 2. The zero-order valence-corrected chi connectivity index (χ0v) is 19.0. The summed E-state index contributed by atoms with van der Waals surface area (Å²) in [5, 5.41) is 18.7. The predicted octanol–water partition coefficient (Wildman–Crippen LogP) is 2.84. The third-order valence-corrected chi connectivity index (χ3v) is 5.92. The Hall–Kier alpha value is -4.45. The third-order valence-electron chi connectivity index (χ3n) is 5.92. The zero-order chi connectivity index (χ0) is 24.5. The lowest BCUT2D eigenvalue weighted by atomic mass is 9.67. The van der Waals surface area contributed by atoms with Crippen molar-refractivity contribution in [1.29, 1.82) is 5.26 Å². The number of anilines is 1. The van der Waals surface area contributed by atoms with E-state index in [9.17, 15) is 19.6 Å². The first kappa shape index (κ1) is 22.7. The molecule has 0 saturated heterocycles. The van der Waals surface area contributed by atoms with E-state index in [1.165, 1.54) is 4.68 Å². The molecule has 1 aliphatic rings. The van der Waals surface area contributed by atoms with E-state index in [0.717, 1.165) is 5.01 Å². The molecule has 4 rings (SSSR count). The Morgan fingerprint density at radius 3 is 2.24 bits per heavy atom. The number of rotatable bonds is 6. The summed E-state index contributed by atoms with van der Waals surface area (Å²) in [5.41, 5.74) is -1.04. The van der Waals surface area contributed by atoms with E-state index in [1.807, 2.05) is 12.1 Å². The second-order valence-corrected chi connectivity index (χ2v) is 7.85. The third kappa shape index (κ3) is 3.31. The lowest BCUT2D eigenvalue weighted by molar-refractivity contribution is -0.149. The minimum atomic E-state index is -1.96. The van der Waals surface area contributed by atoms with Crippen LogP contribution in [-0.2, 0) is 19.7 Å². The Balaban J connectivity index is 2.00. The summed E-state index contributed by atoms with van der Waals surface area (Å²) < 4.78 is 6.45. The fraction of sp³-hybridized carbons (Fsp3) is 0.240. The van der Waals surface area contributed by atoms with Gasteiger partial charge in [-0.05, 0) is 45.0 Å². The molecular formula is C25H23N5O4. The minimum Gasteiger partial charge on any atom is -0.465 e. The number of ether oxygens (including phenoxy) is 1. The number of amides is 1. The SMILES string of the molecule is CCOC(=O)C(C#N)C1(c2c(C)[nH]n(-c3ccccc3)c2=O)C(=O)N(c2ccccc2)N=C1C.